The maximum absolute atomic E-state index is 13.8. The molecule has 110 valence electrons. The van der Waals surface area contributed by atoms with Crippen LogP contribution in [-0.2, 0) is 0 Å². The third-order valence-electron chi connectivity index (χ3n) is 3.18. The second kappa shape index (κ2) is 5.36. The van der Waals surface area contributed by atoms with Crippen molar-refractivity contribution in [2.24, 2.45) is 5.73 Å². The molecule has 0 bridgehead atoms. The fraction of sp³-hybridized carbons (Fsp3) is 0. The zero-order chi connectivity index (χ0) is 15.7. The lowest BCUT2D eigenvalue weighted by Crippen LogP contribution is -2.12. The molecule has 3 aromatic rings. The molecule has 0 fully saturated rings. The number of hydrogen-bond acceptors (Lipinski definition) is 3. The maximum Gasteiger partial charge on any atom is 0.271 e. The zero-order valence-corrected chi connectivity index (χ0v) is 11.2. The second-order valence-electron chi connectivity index (χ2n) is 4.59. The van der Waals surface area contributed by atoms with Gasteiger partial charge in [0.25, 0.3) is 5.91 Å². The summed E-state index contributed by atoms with van der Waals surface area (Å²) in [4.78, 5) is 11.2. The molecule has 3 rings (SSSR count). The van der Waals surface area contributed by atoms with Gasteiger partial charge in [0.1, 0.15) is 17.3 Å². The first-order valence-corrected chi connectivity index (χ1v) is 6.32. The van der Waals surface area contributed by atoms with Crippen LogP contribution in [-0.4, -0.2) is 21.3 Å². The average molecular weight is 300 g/mol. The summed E-state index contributed by atoms with van der Waals surface area (Å²) in [5, 5.41) is 9.90. The van der Waals surface area contributed by atoms with Gasteiger partial charge in [-0.15, -0.1) is 0 Å². The Morgan fingerprint density at radius 2 is 1.68 bits per heavy atom. The molecule has 0 aliphatic heterocycles. The molecule has 7 heteroatoms. The van der Waals surface area contributed by atoms with Crippen LogP contribution >= 0.6 is 0 Å². The zero-order valence-electron chi connectivity index (χ0n) is 11.2. The van der Waals surface area contributed by atoms with Crippen molar-refractivity contribution in [2.45, 2.75) is 0 Å². The normalized spacial score (nSPS) is 10.6. The van der Waals surface area contributed by atoms with Crippen molar-refractivity contribution in [1.82, 2.24) is 15.4 Å². The van der Waals surface area contributed by atoms with Crippen molar-refractivity contribution in [1.29, 1.82) is 0 Å². The molecule has 0 spiro atoms. The predicted molar refractivity (Wildman–Crippen MR) is 75.7 cm³/mol. The quantitative estimate of drug-likeness (QED) is 0.779. The van der Waals surface area contributed by atoms with Gasteiger partial charge in [0.05, 0.1) is 0 Å². The molecule has 0 radical (unpaired) electrons. The maximum atomic E-state index is 13.8. The second-order valence-corrected chi connectivity index (χ2v) is 4.59. The van der Waals surface area contributed by atoms with Gasteiger partial charge in [-0.1, -0.05) is 24.3 Å². The van der Waals surface area contributed by atoms with Crippen LogP contribution in [0.4, 0.5) is 8.78 Å². The molecular formula is C15H10F2N4O. The third-order valence-corrected chi connectivity index (χ3v) is 3.18. The van der Waals surface area contributed by atoms with Crippen LogP contribution in [0, 0.1) is 11.6 Å². The van der Waals surface area contributed by atoms with Gasteiger partial charge in [0.2, 0.25) is 0 Å². The summed E-state index contributed by atoms with van der Waals surface area (Å²) in [5.41, 5.74) is 7.01. The average Bonchev–Trinajstić information content (AvgIpc) is 2.97. The van der Waals surface area contributed by atoms with E-state index >= 15 is 0 Å². The molecule has 1 amide bonds. The number of nitrogens with zero attached hydrogens (tertiary/aromatic N) is 2. The van der Waals surface area contributed by atoms with Crippen LogP contribution in [0.1, 0.15) is 10.5 Å². The fourth-order valence-corrected chi connectivity index (χ4v) is 2.14. The van der Waals surface area contributed by atoms with Crippen molar-refractivity contribution < 1.29 is 13.6 Å². The highest BCUT2D eigenvalue weighted by molar-refractivity contribution is 5.96. The number of amides is 1. The predicted octanol–water partition coefficient (Wildman–Crippen LogP) is 2.52. The Balaban J connectivity index is 1.99. The molecule has 5 nitrogen and oxygen atoms in total. The van der Waals surface area contributed by atoms with Crippen LogP contribution < -0.4 is 5.73 Å². The van der Waals surface area contributed by atoms with Crippen LogP contribution in [0.25, 0.3) is 22.4 Å². The molecule has 0 aliphatic rings. The SMILES string of the molecule is NC(=O)c1n[nH]nc1-c1ccc(-c2ccc(F)cc2F)cc1. The van der Waals surface area contributed by atoms with E-state index in [1.54, 1.807) is 24.3 Å². The Morgan fingerprint density at radius 1 is 1.00 bits per heavy atom. The number of nitrogens with one attached hydrogen (secondary N) is 1. The summed E-state index contributed by atoms with van der Waals surface area (Å²) >= 11 is 0. The molecule has 0 atom stereocenters. The van der Waals surface area contributed by atoms with E-state index in [0.717, 1.165) is 6.07 Å². The molecule has 1 heterocycles. The first-order valence-electron chi connectivity index (χ1n) is 6.32. The summed E-state index contributed by atoms with van der Waals surface area (Å²) in [6.45, 7) is 0. The Hall–Kier alpha value is -3.09. The van der Waals surface area contributed by atoms with Crippen molar-refractivity contribution in [2.75, 3.05) is 0 Å². The van der Waals surface area contributed by atoms with Crippen molar-refractivity contribution in [3.63, 3.8) is 0 Å². The summed E-state index contributed by atoms with van der Waals surface area (Å²) in [7, 11) is 0. The van der Waals surface area contributed by atoms with E-state index in [0.29, 0.717) is 16.8 Å². The number of hydrogen-bond donors (Lipinski definition) is 2. The highest BCUT2D eigenvalue weighted by atomic mass is 19.1. The smallest absolute Gasteiger partial charge is 0.271 e. The van der Waals surface area contributed by atoms with Crippen LogP contribution in [0.5, 0.6) is 0 Å². The van der Waals surface area contributed by atoms with E-state index in [-0.39, 0.29) is 11.3 Å². The molecule has 0 saturated carbocycles. The molecule has 0 aliphatic carbocycles. The number of benzene rings is 2. The van der Waals surface area contributed by atoms with Crippen LogP contribution in [0.3, 0.4) is 0 Å². The van der Waals surface area contributed by atoms with Gasteiger partial charge in [-0.2, -0.15) is 15.4 Å². The third kappa shape index (κ3) is 2.44. The Kier molecular flexibility index (Phi) is 3.38. The topological polar surface area (TPSA) is 84.7 Å². The van der Waals surface area contributed by atoms with Crippen molar-refractivity contribution >= 4 is 5.91 Å². The number of nitrogens with two attached hydrogens (primary N) is 1. The van der Waals surface area contributed by atoms with Gasteiger partial charge in [-0.25, -0.2) is 8.78 Å². The minimum atomic E-state index is -0.697. The summed E-state index contributed by atoms with van der Waals surface area (Å²) < 4.78 is 26.7. The number of rotatable bonds is 3. The molecule has 1 aromatic heterocycles. The fourth-order valence-electron chi connectivity index (χ4n) is 2.14. The van der Waals surface area contributed by atoms with Crippen molar-refractivity contribution in [3.8, 4) is 22.4 Å². The van der Waals surface area contributed by atoms with Gasteiger partial charge in [-0.05, 0) is 17.7 Å². The number of carbonyl (C=O) groups excluding carboxylic acids is 1. The molecule has 3 N–H and O–H groups in total. The Labute approximate surface area is 123 Å². The molecule has 22 heavy (non-hydrogen) atoms. The lowest BCUT2D eigenvalue weighted by molar-refractivity contribution is 0.0996. The van der Waals surface area contributed by atoms with E-state index in [4.69, 9.17) is 5.73 Å². The van der Waals surface area contributed by atoms with E-state index in [9.17, 15) is 13.6 Å². The van der Waals surface area contributed by atoms with Crippen LogP contribution in [0.2, 0.25) is 0 Å². The van der Waals surface area contributed by atoms with E-state index in [1.807, 2.05) is 0 Å². The molecule has 0 unspecified atom stereocenters. The van der Waals surface area contributed by atoms with E-state index in [1.165, 1.54) is 12.1 Å². The van der Waals surface area contributed by atoms with Gasteiger partial charge in [-0.3, -0.25) is 4.79 Å². The molecule has 2 aromatic carbocycles. The number of H-pyrrole nitrogens is 1. The largest absolute Gasteiger partial charge is 0.364 e. The number of halogens is 2. The number of primary amides is 1. The minimum Gasteiger partial charge on any atom is -0.364 e. The first-order chi connectivity index (χ1) is 10.6. The number of carbonyl (C=O) groups is 1. The highest BCUT2D eigenvalue weighted by Crippen LogP contribution is 2.27. The standard InChI is InChI=1S/C15H10F2N4O/c16-10-5-6-11(12(17)7-10)8-1-3-9(4-2-8)13-14(15(18)22)20-21-19-13/h1-7H,(H2,18,22)(H,19,20,21). The van der Waals surface area contributed by atoms with Gasteiger partial charge < -0.3 is 5.73 Å². The minimum absolute atomic E-state index is 0.0284. The lowest BCUT2D eigenvalue weighted by Gasteiger charge is -2.05. The van der Waals surface area contributed by atoms with E-state index < -0.39 is 17.5 Å². The number of aromatic nitrogens is 3. The Bertz CT molecular complexity index is 843. The van der Waals surface area contributed by atoms with Gasteiger partial charge in [0, 0.05) is 17.2 Å². The van der Waals surface area contributed by atoms with Gasteiger partial charge in [0.15, 0.2) is 5.69 Å². The first kappa shape index (κ1) is 13.9. The van der Waals surface area contributed by atoms with Crippen LogP contribution in [0.15, 0.2) is 42.5 Å². The molecular weight excluding hydrogens is 290 g/mol. The number of aromatic amines is 1. The summed E-state index contributed by atoms with van der Waals surface area (Å²) in [5.74, 6) is -1.98. The monoisotopic (exact) mass is 300 g/mol. The summed E-state index contributed by atoms with van der Waals surface area (Å²) in [6, 6.07) is 9.98. The van der Waals surface area contributed by atoms with Crippen molar-refractivity contribution in [3.05, 3.63) is 59.8 Å². The highest BCUT2D eigenvalue weighted by Gasteiger charge is 2.15. The van der Waals surface area contributed by atoms with Gasteiger partial charge >= 0.3 is 0 Å². The summed E-state index contributed by atoms with van der Waals surface area (Å²) in [6.07, 6.45) is 0. The Morgan fingerprint density at radius 3 is 2.32 bits per heavy atom. The van der Waals surface area contributed by atoms with E-state index in [2.05, 4.69) is 15.4 Å². The molecule has 0 saturated heterocycles. The lowest BCUT2D eigenvalue weighted by atomic mass is 10.0.